The van der Waals surface area contributed by atoms with Crippen LogP contribution in [-0.2, 0) is 6.54 Å². The SMILES string of the molecule is Cc1ncc(C(=O)O)n1Cc1c(F)cccc1Cl. The van der Waals surface area contributed by atoms with Gasteiger partial charge >= 0.3 is 5.97 Å². The molecule has 18 heavy (non-hydrogen) atoms. The van der Waals surface area contributed by atoms with E-state index < -0.39 is 11.8 Å². The van der Waals surface area contributed by atoms with Crippen LogP contribution in [0.2, 0.25) is 5.02 Å². The van der Waals surface area contributed by atoms with Crippen molar-refractivity contribution in [2.24, 2.45) is 0 Å². The van der Waals surface area contributed by atoms with Gasteiger partial charge in [-0.3, -0.25) is 0 Å². The summed E-state index contributed by atoms with van der Waals surface area (Å²) in [5, 5.41) is 9.27. The van der Waals surface area contributed by atoms with Crippen LogP contribution in [0.3, 0.4) is 0 Å². The van der Waals surface area contributed by atoms with Gasteiger partial charge in [0, 0.05) is 10.6 Å². The zero-order chi connectivity index (χ0) is 13.3. The normalized spacial score (nSPS) is 10.6. The molecule has 1 aromatic heterocycles. The maximum atomic E-state index is 13.6. The fraction of sp³-hybridized carbons (Fsp3) is 0.167. The van der Waals surface area contributed by atoms with Crippen molar-refractivity contribution in [1.29, 1.82) is 0 Å². The minimum atomic E-state index is -1.11. The zero-order valence-electron chi connectivity index (χ0n) is 9.52. The minimum Gasteiger partial charge on any atom is -0.477 e. The number of rotatable bonds is 3. The lowest BCUT2D eigenvalue weighted by molar-refractivity contribution is 0.0685. The summed E-state index contributed by atoms with van der Waals surface area (Å²) < 4.78 is 15.1. The molecular weight excluding hydrogens is 259 g/mol. The van der Waals surface area contributed by atoms with E-state index in [1.54, 1.807) is 13.0 Å². The Morgan fingerprint density at radius 3 is 2.89 bits per heavy atom. The first kappa shape index (κ1) is 12.6. The van der Waals surface area contributed by atoms with E-state index in [1.807, 2.05) is 0 Å². The van der Waals surface area contributed by atoms with Crippen molar-refractivity contribution in [3.8, 4) is 0 Å². The van der Waals surface area contributed by atoms with Gasteiger partial charge in [0.1, 0.15) is 17.3 Å². The van der Waals surface area contributed by atoms with Gasteiger partial charge in [0.25, 0.3) is 0 Å². The summed E-state index contributed by atoms with van der Waals surface area (Å²) in [7, 11) is 0. The fourth-order valence-corrected chi connectivity index (χ4v) is 1.90. The molecule has 0 radical (unpaired) electrons. The first-order valence-corrected chi connectivity index (χ1v) is 5.57. The second-order valence-corrected chi connectivity index (χ2v) is 4.19. The molecule has 0 unspecified atom stereocenters. The molecule has 94 valence electrons. The number of aromatic nitrogens is 2. The summed E-state index contributed by atoms with van der Waals surface area (Å²) in [6.07, 6.45) is 1.24. The summed E-state index contributed by atoms with van der Waals surface area (Å²) in [6.45, 7) is 1.69. The lowest BCUT2D eigenvalue weighted by Gasteiger charge is -2.10. The van der Waals surface area contributed by atoms with E-state index in [1.165, 1.54) is 22.9 Å². The summed E-state index contributed by atoms with van der Waals surface area (Å²) in [4.78, 5) is 14.9. The van der Waals surface area contributed by atoms with Gasteiger partial charge in [-0.15, -0.1) is 0 Å². The van der Waals surface area contributed by atoms with Gasteiger partial charge in [-0.2, -0.15) is 0 Å². The third kappa shape index (κ3) is 2.22. The van der Waals surface area contributed by atoms with Crippen LogP contribution < -0.4 is 0 Å². The topological polar surface area (TPSA) is 55.1 Å². The fourth-order valence-electron chi connectivity index (χ4n) is 1.68. The molecule has 4 nitrogen and oxygen atoms in total. The Balaban J connectivity index is 2.46. The molecule has 0 aliphatic carbocycles. The third-order valence-electron chi connectivity index (χ3n) is 2.65. The van der Waals surface area contributed by atoms with Crippen LogP contribution in [0.25, 0.3) is 0 Å². The van der Waals surface area contributed by atoms with Crippen molar-refractivity contribution in [2.45, 2.75) is 13.5 Å². The quantitative estimate of drug-likeness (QED) is 0.931. The van der Waals surface area contributed by atoms with E-state index in [0.29, 0.717) is 5.82 Å². The molecule has 0 spiro atoms. The summed E-state index contributed by atoms with van der Waals surface area (Å²) in [6, 6.07) is 4.35. The van der Waals surface area contributed by atoms with Crippen LogP contribution in [-0.4, -0.2) is 20.6 Å². The Bertz CT molecular complexity index is 590. The maximum absolute atomic E-state index is 13.6. The number of carboxylic acid groups (broad SMARTS) is 1. The number of nitrogens with zero attached hydrogens (tertiary/aromatic N) is 2. The summed E-state index contributed by atoms with van der Waals surface area (Å²) in [5.41, 5.74) is 0.259. The van der Waals surface area contributed by atoms with Crippen LogP contribution >= 0.6 is 11.6 Å². The second-order valence-electron chi connectivity index (χ2n) is 3.78. The predicted molar refractivity (Wildman–Crippen MR) is 64.4 cm³/mol. The largest absolute Gasteiger partial charge is 0.477 e. The number of benzene rings is 1. The molecule has 0 amide bonds. The molecule has 2 rings (SSSR count). The molecule has 0 bridgehead atoms. The second kappa shape index (κ2) is 4.78. The lowest BCUT2D eigenvalue weighted by atomic mass is 10.2. The highest BCUT2D eigenvalue weighted by molar-refractivity contribution is 6.31. The highest BCUT2D eigenvalue weighted by Gasteiger charge is 2.16. The van der Waals surface area contributed by atoms with Gasteiger partial charge in [0.2, 0.25) is 0 Å². The van der Waals surface area contributed by atoms with Crippen LogP contribution in [0.5, 0.6) is 0 Å². The third-order valence-corrected chi connectivity index (χ3v) is 3.01. The number of aromatic carboxylic acids is 1. The first-order valence-electron chi connectivity index (χ1n) is 5.19. The van der Waals surface area contributed by atoms with Gasteiger partial charge in [0.05, 0.1) is 12.7 Å². The molecule has 2 aromatic rings. The van der Waals surface area contributed by atoms with Gasteiger partial charge in [-0.25, -0.2) is 14.2 Å². The lowest BCUT2D eigenvalue weighted by Crippen LogP contribution is -2.12. The van der Waals surface area contributed by atoms with Gasteiger partial charge < -0.3 is 9.67 Å². The summed E-state index contributed by atoms with van der Waals surface area (Å²) in [5.74, 6) is -1.08. The molecule has 1 N–H and O–H groups in total. The van der Waals surface area contributed by atoms with Crippen LogP contribution in [0.4, 0.5) is 4.39 Å². The van der Waals surface area contributed by atoms with Gasteiger partial charge in [0.15, 0.2) is 0 Å². The Labute approximate surface area is 108 Å². The van der Waals surface area contributed by atoms with Gasteiger partial charge in [-0.05, 0) is 19.1 Å². The smallest absolute Gasteiger partial charge is 0.354 e. The van der Waals surface area contributed by atoms with Gasteiger partial charge in [-0.1, -0.05) is 17.7 Å². The molecule has 0 saturated carbocycles. The average Bonchev–Trinajstić information content (AvgIpc) is 2.66. The Morgan fingerprint density at radius 2 is 2.28 bits per heavy atom. The Morgan fingerprint density at radius 1 is 1.56 bits per heavy atom. The number of hydrogen-bond acceptors (Lipinski definition) is 2. The molecule has 0 saturated heterocycles. The zero-order valence-corrected chi connectivity index (χ0v) is 10.3. The number of aryl methyl sites for hydroxylation is 1. The number of hydrogen-bond donors (Lipinski definition) is 1. The van der Waals surface area contributed by atoms with E-state index in [4.69, 9.17) is 16.7 Å². The first-order chi connectivity index (χ1) is 8.50. The van der Waals surface area contributed by atoms with Crippen LogP contribution in [0.1, 0.15) is 21.9 Å². The van der Waals surface area contributed by atoms with Crippen molar-refractivity contribution in [3.05, 3.63) is 52.3 Å². The molecule has 0 atom stereocenters. The maximum Gasteiger partial charge on any atom is 0.354 e. The van der Waals surface area contributed by atoms with Crippen molar-refractivity contribution in [3.63, 3.8) is 0 Å². The predicted octanol–water partition coefficient (Wildman–Crippen LogP) is 2.73. The Kier molecular flexibility index (Phi) is 3.34. The van der Waals surface area contributed by atoms with E-state index in [0.717, 1.165) is 0 Å². The standard InChI is InChI=1S/C12H10ClFN2O2/c1-7-15-5-11(12(17)18)16(7)6-8-9(13)3-2-4-10(8)14/h2-5H,6H2,1H3,(H,17,18). The number of imidazole rings is 1. The van der Waals surface area contributed by atoms with E-state index in [9.17, 15) is 9.18 Å². The number of carboxylic acids is 1. The van der Waals surface area contributed by atoms with E-state index in [2.05, 4.69) is 4.98 Å². The Hall–Kier alpha value is -1.88. The van der Waals surface area contributed by atoms with Crippen LogP contribution in [0.15, 0.2) is 24.4 Å². The highest BCUT2D eigenvalue weighted by atomic mass is 35.5. The van der Waals surface area contributed by atoms with Crippen molar-refractivity contribution in [1.82, 2.24) is 9.55 Å². The van der Waals surface area contributed by atoms with E-state index >= 15 is 0 Å². The monoisotopic (exact) mass is 268 g/mol. The number of carbonyl (C=O) groups is 1. The van der Waals surface area contributed by atoms with E-state index in [-0.39, 0.29) is 22.8 Å². The van der Waals surface area contributed by atoms with Crippen molar-refractivity contribution in [2.75, 3.05) is 0 Å². The highest BCUT2D eigenvalue weighted by Crippen LogP contribution is 2.21. The molecule has 0 fully saturated rings. The molecule has 1 heterocycles. The molecule has 6 heteroatoms. The summed E-state index contributed by atoms with van der Waals surface area (Å²) >= 11 is 5.91. The number of halogens is 2. The molecule has 0 aliphatic rings. The van der Waals surface area contributed by atoms with Crippen molar-refractivity contribution < 1.29 is 14.3 Å². The minimum absolute atomic E-state index is 0.00631. The van der Waals surface area contributed by atoms with Crippen LogP contribution in [0, 0.1) is 12.7 Å². The molecule has 1 aromatic carbocycles. The average molecular weight is 269 g/mol. The van der Waals surface area contributed by atoms with Crippen molar-refractivity contribution >= 4 is 17.6 Å². The molecular formula is C12H10ClFN2O2. The molecule has 0 aliphatic heterocycles.